The molecule has 1 saturated carbocycles. The minimum Gasteiger partial charge on any atom is -0.398 e. The van der Waals surface area contributed by atoms with Crippen LogP contribution in [0.5, 0.6) is 0 Å². The Balaban J connectivity index is 1.85. The van der Waals surface area contributed by atoms with Crippen molar-refractivity contribution in [2.45, 2.75) is 25.7 Å². The standard InChI is InChI=1S/C15H19N3/c16-14-5-6-15(13-10-17-8-7-12(13)14)18-9-11-3-1-2-4-11/h5-8,10-11,18H,1-4,9,16H2. The zero-order valence-corrected chi connectivity index (χ0v) is 10.5. The van der Waals surface area contributed by atoms with Gasteiger partial charge in [0.2, 0.25) is 0 Å². The lowest BCUT2D eigenvalue weighted by atomic mass is 10.1. The summed E-state index contributed by atoms with van der Waals surface area (Å²) >= 11 is 0. The number of rotatable bonds is 3. The van der Waals surface area contributed by atoms with Gasteiger partial charge in [-0.2, -0.15) is 0 Å². The Morgan fingerprint density at radius 3 is 2.83 bits per heavy atom. The van der Waals surface area contributed by atoms with Crippen LogP contribution in [0.1, 0.15) is 25.7 Å². The van der Waals surface area contributed by atoms with Gasteiger partial charge in [-0.05, 0) is 37.0 Å². The minimum absolute atomic E-state index is 0.818. The number of fused-ring (bicyclic) bond motifs is 1. The van der Waals surface area contributed by atoms with Gasteiger partial charge in [0.1, 0.15) is 0 Å². The van der Waals surface area contributed by atoms with Gasteiger partial charge in [0.25, 0.3) is 0 Å². The first-order valence-corrected chi connectivity index (χ1v) is 6.70. The molecule has 18 heavy (non-hydrogen) atoms. The van der Waals surface area contributed by atoms with Crippen LogP contribution in [0.3, 0.4) is 0 Å². The van der Waals surface area contributed by atoms with E-state index in [0.29, 0.717) is 0 Å². The van der Waals surface area contributed by atoms with Crippen LogP contribution in [0.4, 0.5) is 11.4 Å². The minimum atomic E-state index is 0.818. The van der Waals surface area contributed by atoms with Crippen molar-refractivity contribution in [2.24, 2.45) is 5.92 Å². The summed E-state index contributed by atoms with van der Waals surface area (Å²) in [5, 5.41) is 5.77. The summed E-state index contributed by atoms with van der Waals surface area (Å²) in [5.41, 5.74) is 7.96. The Labute approximate surface area is 107 Å². The van der Waals surface area contributed by atoms with E-state index in [-0.39, 0.29) is 0 Å². The second-order valence-electron chi connectivity index (χ2n) is 5.15. The second-order valence-corrected chi connectivity index (χ2v) is 5.15. The van der Waals surface area contributed by atoms with Gasteiger partial charge in [0, 0.05) is 41.1 Å². The molecule has 1 heterocycles. The van der Waals surface area contributed by atoms with Crippen LogP contribution in [0.2, 0.25) is 0 Å². The number of anilines is 2. The highest BCUT2D eigenvalue weighted by molar-refractivity contribution is 6.00. The molecule has 1 aromatic carbocycles. The van der Waals surface area contributed by atoms with E-state index >= 15 is 0 Å². The number of benzene rings is 1. The van der Waals surface area contributed by atoms with E-state index in [1.54, 1.807) is 6.20 Å². The van der Waals surface area contributed by atoms with Gasteiger partial charge in [-0.15, -0.1) is 0 Å². The topological polar surface area (TPSA) is 50.9 Å². The summed E-state index contributed by atoms with van der Waals surface area (Å²) in [6.45, 7) is 1.06. The molecular formula is C15H19N3. The molecule has 0 saturated heterocycles. The summed E-state index contributed by atoms with van der Waals surface area (Å²) in [7, 11) is 0. The predicted molar refractivity (Wildman–Crippen MR) is 76.6 cm³/mol. The number of hydrogen-bond acceptors (Lipinski definition) is 3. The van der Waals surface area contributed by atoms with Gasteiger partial charge in [-0.1, -0.05) is 12.8 Å². The van der Waals surface area contributed by atoms with Gasteiger partial charge >= 0.3 is 0 Å². The maximum atomic E-state index is 5.99. The van der Waals surface area contributed by atoms with Gasteiger partial charge < -0.3 is 11.1 Å². The molecule has 0 spiro atoms. The summed E-state index contributed by atoms with van der Waals surface area (Å²) in [5.74, 6) is 0.828. The van der Waals surface area contributed by atoms with Gasteiger partial charge in [0.05, 0.1) is 0 Å². The van der Waals surface area contributed by atoms with E-state index in [4.69, 9.17) is 5.73 Å². The molecule has 1 aliphatic rings. The quantitative estimate of drug-likeness (QED) is 0.809. The first kappa shape index (κ1) is 11.3. The van der Waals surface area contributed by atoms with Crippen molar-refractivity contribution in [2.75, 3.05) is 17.6 Å². The molecule has 0 amide bonds. The summed E-state index contributed by atoms with van der Waals surface area (Å²) in [4.78, 5) is 4.20. The molecule has 3 rings (SSSR count). The van der Waals surface area contributed by atoms with Crippen LogP contribution in [-0.4, -0.2) is 11.5 Å². The van der Waals surface area contributed by atoms with Gasteiger partial charge in [-0.3, -0.25) is 4.98 Å². The highest BCUT2D eigenvalue weighted by Gasteiger charge is 2.14. The van der Waals surface area contributed by atoms with Crippen molar-refractivity contribution < 1.29 is 0 Å². The van der Waals surface area contributed by atoms with E-state index in [9.17, 15) is 0 Å². The van der Waals surface area contributed by atoms with Crippen molar-refractivity contribution >= 4 is 22.1 Å². The molecule has 0 bridgehead atoms. The van der Waals surface area contributed by atoms with Crippen molar-refractivity contribution in [3.8, 4) is 0 Å². The first-order valence-electron chi connectivity index (χ1n) is 6.70. The third kappa shape index (κ3) is 2.13. The Morgan fingerprint density at radius 2 is 2.00 bits per heavy atom. The highest BCUT2D eigenvalue weighted by atomic mass is 14.9. The zero-order valence-electron chi connectivity index (χ0n) is 10.5. The average Bonchev–Trinajstić information content (AvgIpc) is 2.92. The van der Waals surface area contributed by atoms with E-state index in [2.05, 4.69) is 16.4 Å². The summed E-state index contributed by atoms with van der Waals surface area (Å²) in [6.07, 6.45) is 9.17. The largest absolute Gasteiger partial charge is 0.398 e. The normalized spacial score (nSPS) is 16.2. The molecule has 3 N–H and O–H groups in total. The average molecular weight is 241 g/mol. The fraction of sp³-hybridized carbons (Fsp3) is 0.400. The fourth-order valence-electron chi connectivity index (χ4n) is 2.84. The number of nitrogens with zero attached hydrogens (tertiary/aromatic N) is 1. The monoisotopic (exact) mass is 241 g/mol. The second kappa shape index (κ2) is 4.84. The van der Waals surface area contributed by atoms with E-state index in [1.807, 2.05) is 18.3 Å². The van der Waals surface area contributed by atoms with Gasteiger partial charge in [-0.25, -0.2) is 0 Å². The van der Waals surface area contributed by atoms with Crippen molar-refractivity contribution in [1.29, 1.82) is 0 Å². The molecular weight excluding hydrogens is 222 g/mol. The molecule has 1 aromatic heterocycles. The van der Waals surface area contributed by atoms with Crippen LogP contribution < -0.4 is 11.1 Å². The Hall–Kier alpha value is -1.77. The molecule has 0 radical (unpaired) electrons. The molecule has 0 aliphatic heterocycles. The number of pyridine rings is 1. The molecule has 1 fully saturated rings. The van der Waals surface area contributed by atoms with Crippen LogP contribution in [0.25, 0.3) is 10.8 Å². The van der Waals surface area contributed by atoms with E-state index in [1.165, 1.54) is 25.7 Å². The van der Waals surface area contributed by atoms with Crippen LogP contribution in [0, 0.1) is 5.92 Å². The molecule has 0 atom stereocenters. The van der Waals surface area contributed by atoms with Crippen molar-refractivity contribution in [3.05, 3.63) is 30.6 Å². The zero-order chi connectivity index (χ0) is 12.4. The molecule has 0 unspecified atom stereocenters. The molecule has 3 heteroatoms. The van der Waals surface area contributed by atoms with E-state index in [0.717, 1.165) is 34.6 Å². The van der Waals surface area contributed by atoms with Crippen LogP contribution in [0.15, 0.2) is 30.6 Å². The van der Waals surface area contributed by atoms with Crippen LogP contribution >= 0.6 is 0 Å². The first-order chi connectivity index (χ1) is 8.84. The fourth-order valence-corrected chi connectivity index (χ4v) is 2.84. The number of nitrogen functional groups attached to an aromatic ring is 1. The summed E-state index contributed by atoms with van der Waals surface area (Å²) < 4.78 is 0. The van der Waals surface area contributed by atoms with Crippen molar-refractivity contribution in [3.63, 3.8) is 0 Å². The maximum Gasteiger partial charge on any atom is 0.0437 e. The molecule has 2 aromatic rings. The Morgan fingerprint density at radius 1 is 1.17 bits per heavy atom. The Bertz CT molecular complexity index is 544. The van der Waals surface area contributed by atoms with Gasteiger partial charge in [0.15, 0.2) is 0 Å². The summed E-state index contributed by atoms with van der Waals surface area (Å²) in [6, 6.07) is 6.01. The predicted octanol–water partition coefficient (Wildman–Crippen LogP) is 3.42. The third-order valence-electron chi connectivity index (χ3n) is 3.91. The van der Waals surface area contributed by atoms with Crippen LogP contribution in [-0.2, 0) is 0 Å². The number of aromatic nitrogens is 1. The molecule has 94 valence electrons. The molecule has 3 nitrogen and oxygen atoms in total. The highest BCUT2D eigenvalue weighted by Crippen LogP contribution is 2.29. The van der Waals surface area contributed by atoms with E-state index < -0.39 is 0 Å². The lowest BCUT2D eigenvalue weighted by molar-refractivity contribution is 0.580. The van der Waals surface area contributed by atoms with Crippen molar-refractivity contribution in [1.82, 2.24) is 4.98 Å². The lowest BCUT2D eigenvalue weighted by Gasteiger charge is -2.14. The SMILES string of the molecule is Nc1ccc(NCC2CCCC2)c2cnccc12. The smallest absolute Gasteiger partial charge is 0.0437 e. The third-order valence-corrected chi connectivity index (χ3v) is 3.91. The number of nitrogens with two attached hydrogens (primary N) is 1. The number of nitrogens with one attached hydrogen (secondary N) is 1. The maximum absolute atomic E-state index is 5.99. The number of hydrogen-bond donors (Lipinski definition) is 2. The molecule has 1 aliphatic carbocycles. The lowest BCUT2D eigenvalue weighted by Crippen LogP contribution is -2.11. The Kier molecular flexibility index (Phi) is 3.05.